The first kappa shape index (κ1) is 21.6. The summed E-state index contributed by atoms with van der Waals surface area (Å²) in [6, 6.07) is 6.20. The van der Waals surface area contributed by atoms with Crippen LogP contribution in [0.5, 0.6) is 5.75 Å². The van der Waals surface area contributed by atoms with Crippen LogP contribution in [0.25, 0.3) is 0 Å². The molecule has 168 valence electrons. The fraction of sp³-hybridized carbons (Fsp3) is 0.300. The zero-order valence-electron chi connectivity index (χ0n) is 16.7. The summed E-state index contributed by atoms with van der Waals surface area (Å²) in [4.78, 5) is 34.5. The van der Waals surface area contributed by atoms with E-state index in [0.29, 0.717) is 0 Å². The van der Waals surface area contributed by atoms with Crippen LogP contribution in [0.2, 0.25) is 0 Å². The molecule has 1 fully saturated rings. The van der Waals surface area contributed by atoms with E-state index in [4.69, 9.17) is 10.5 Å². The van der Waals surface area contributed by atoms with Gasteiger partial charge in [0, 0.05) is 18.3 Å². The monoisotopic (exact) mass is 449 g/mol. The van der Waals surface area contributed by atoms with Gasteiger partial charge in [0.05, 0.1) is 25.3 Å². The third kappa shape index (κ3) is 3.73. The first-order valence-corrected chi connectivity index (χ1v) is 9.44. The van der Waals surface area contributed by atoms with Gasteiger partial charge in [0.15, 0.2) is 5.96 Å². The zero-order valence-corrected chi connectivity index (χ0v) is 16.7. The second kappa shape index (κ2) is 8.11. The highest BCUT2D eigenvalue weighted by Gasteiger charge is 2.54. The van der Waals surface area contributed by atoms with E-state index in [-0.39, 0.29) is 47.8 Å². The van der Waals surface area contributed by atoms with Crippen LogP contribution in [0.1, 0.15) is 16.1 Å². The third-order valence-corrected chi connectivity index (χ3v) is 5.35. The number of ether oxygens (including phenoxy) is 2. The Morgan fingerprint density at radius 3 is 2.84 bits per heavy atom. The molecule has 1 aromatic carbocycles. The van der Waals surface area contributed by atoms with Crippen molar-refractivity contribution < 1.29 is 32.2 Å². The van der Waals surface area contributed by atoms with Crippen LogP contribution in [0.4, 0.5) is 18.9 Å². The highest BCUT2D eigenvalue weighted by molar-refractivity contribution is 6.03. The van der Waals surface area contributed by atoms with E-state index >= 15 is 0 Å². The molecule has 1 saturated heterocycles. The number of benzene rings is 1. The number of guanidine groups is 1. The minimum atomic E-state index is -3.01. The zero-order chi connectivity index (χ0) is 23.0. The van der Waals surface area contributed by atoms with Crippen LogP contribution in [0, 0.1) is 11.7 Å². The molecule has 2 atom stereocenters. The summed E-state index contributed by atoms with van der Waals surface area (Å²) in [6.45, 7) is -3.02. The van der Waals surface area contributed by atoms with Crippen molar-refractivity contribution in [1.29, 1.82) is 0 Å². The first-order chi connectivity index (χ1) is 15.2. The summed E-state index contributed by atoms with van der Waals surface area (Å²) in [6.07, 6.45) is 0.984. The molecular formula is C20H18F3N5O4. The van der Waals surface area contributed by atoms with Gasteiger partial charge in [-0.05, 0) is 30.3 Å². The van der Waals surface area contributed by atoms with Crippen molar-refractivity contribution in [2.75, 3.05) is 25.6 Å². The summed E-state index contributed by atoms with van der Waals surface area (Å²) < 4.78 is 49.0. The predicted octanol–water partition coefficient (Wildman–Crippen LogP) is 1.70. The normalized spacial score (nSPS) is 22.5. The standard InChI is InChI=1S/C20H18F3N5O4/c1-28-17(30)13-8-31-9-20(13,27-19(28)24)12-6-10(2-4-14(12)21)26-16(29)15-5-3-11(7-25-15)32-18(22)23/h2-7,13,18H,8-9H2,1H3,(H2,24,27)(H,26,29). The van der Waals surface area contributed by atoms with Crippen LogP contribution in [0.3, 0.4) is 0 Å². The first-order valence-electron chi connectivity index (χ1n) is 9.44. The molecule has 32 heavy (non-hydrogen) atoms. The van der Waals surface area contributed by atoms with E-state index in [0.717, 1.165) is 12.3 Å². The number of nitrogens with zero attached hydrogens (tertiary/aromatic N) is 3. The fourth-order valence-corrected chi connectivity index (χ4v) is 3.73. The Labute approximate surface area is 180 Å². The van der Waals surface area contributed by atoms with Gasteiger partial charge >= 0.3 is 6.61 Å². The molecule has 9 nitrogen and oxygen atoms in total. The van der Waals surface area contributed by atoms with Gasteiger partial charge in [0.25, 0.3) is 5.91 Å². The number of rotatable bonds is 5. The van der Waals surface area contributed by atoms with Crippen LogP contribution in [-0.4, -0.2) is 54.5 Å². The lowest BCUT2D eigenvalue weighted by Gasteiger charge is -2.37. The maximum absolute atomic E-state index is 14.9. The predicted molar refractivity (Wildman–Crippen MR) is 106 cm³/mol. The summed E-state index contributed by atoms with van der Waals surface area (Å²) >= 11 is 0. The summed E-state index contributed by atoms with van der Waals surface area (Å²) in [5, 5.41) is 2.56. The summed E-state index contributed by atoms with van der Waals surface area (Å²) in [5.74, 6) is -2.69. The topological polar surface area (TPSA) is 119 Å². The Morgan fingerprint density at radius 1 is 1.38 bits per heavy atom. The number of aliphatic imine (C=N–C) groups is 1. The van der Waals surface area contributed by atoms with E-state index < -0.39 is 29.8 Å². The molecule has 12 heteroatoms. The van der Waals surface area contributed by atoms with Gasteiger partial charge in [0.1, 0.15) is 22.8 Å². The third-order valence-electron chi connectivity index (χ3n) is 5.35. The van der Waals surface area contributed by atoms with Gasteiger partial charge in [-0.15, -0.1) is 0 Å². The minimum Gasteiger partial charge on any atom is -0.433 e. The van der Waals surface area contributed by atoms with Gasteiger partial charge in [-0.1, -0.05) is 0 Å². The largest absolute Gasteiger partial charge is 0.433 e. The highest BCUT2D eigenvalue weighted by Crippen LogP contribution is 2.44. The van der Waals surface area contributed by atoms with Gasteiger partial charge < -0.3 is 20.5 Å². The molecule has 1 aromatic heterocycles. The number of pyridine rings is 1. The van der Waals surface area contributed by atoms with E-state index in [1.807, 2.05) is 0 Å². The Morgan fingerprint density at radius 2 is 2.16 bits per heavy atom. The number of alkyl halides is 2. The highest BCUT2D eigenvalue weighted by atomic mass is 19.3. The lowest BCUT2D eigenvalue weighted by molar-refractivity contribution is -0.133. The van der Waals surface area contributed by atoms with Gasteiger partial charge in [0.2, 0.25) is 5.91 Å². The molecule has 0 radical (unpaired) electrons. The van der Waals surface area contributed by atoms with E-state index in [1.54, 1.807) is 0 Å². The molecule has 0 spiro atoms. The fourth-order valence-electron chi connectivity index (χ4n) is 3.73. The number of halogens is 3. The summed E-state index contributed by atoms with van der Waals surface area (Å²) in [7, 11) is 1.47. The van der Waals surface area contributed by atoms with Crippen LogP contribution >= 0.6 is 0 Å². The number of aromatic nitrogens is 1. The van der Waals surface area contributed by atoms with Crippen molar-refractivity contribution in [2.45, 2.75) is 12.2 Å². The van der Waals surface area contributed by atoms with Crippen molar-refractivity contribution in [3.05, 3.63) is 53.6 Å². The van der Waals surface area contributed by atoms with Gasteiger partial charge in [-0.2, -0.15) is 8.78 Å². The Kier molecular flexibility index (Phi) is 5.46. The molecule has 2 aromatic rings. The molecule has 2 aliphatic rings. The van der Waals surface area contributed by atoms with E-state index in [9.17, 15) is 22.8 Å². The number of hydrogen-bond donors (Lipinski definition) is 2. The Balaban J connectivity index is 1.62. The van der Waals surface area contributed by atoms with E-state index in [2.05, 4.69) is 20.0 Å². The molecular weight excluding hydrogens is 431 g/mol. The van der Waals surface area contributed by atoms with Crippen molar-refractivity contribution >= 4 is 23.5 Å². The van der Waals surface area contributed by atoms with Crippen LogP contribution in [-0.2, 0) is 15.1 Å². The number of hydrogen-bond acceptors (Lipinski definition) is 7. The molecule has 3 N–H and O–H groups in total. The van der Waals surface area contributed by atoms with Crippen LogP contribution in [0.15, 0.2) is 41.5 Å². The lowest BCUT2D eigenvalue weighted by Crippen LogP contribution is -2.54. The lowest BCUT2D eigenvalue weighted by atomic mass is 9.78. The number of anilines is 1. The molecule has 3 heterocycles. The summed E-state index contributed by atoms with van der Waals surface area (Å²) in [5.41, 5.74) is 4.71. The smallest absolute Gasteiger partial charge is 0.387 e. The molecule has 0 bridgehead atoms. The maximum Gasteiger partial charge on any atom is 0.387 e. The van der Waals surface area contributed by atoms with Gasteiger partial charge in [-0.25, -0.2) is 14.4 Å². The molecule has 4 rings (SSSR count). The van der Waals surface area contributed by atoms with Crippen molar-refractivity contribution in [1.82, 2.24) is 9.88 Å². The SMILES string of the molecule is CN1C(=O)C2COCC2(c2cc(NC(=O)c3ccc(OC(F)F)cn3)ccc2F)N=C1N. The maximum atomic E-state index is 14.9. The number of amides is 2. The molecule has 2 unspecified atom stereocenters. The second-order valence-corrected chi connectivity index (χ2v) is 7.27. The number of carbonyl (C=O) groups is 2. The number of nitrogens with one attached hydrogen (secondary N) is 1. The number of carbonyl (C=O) groups excluding carboxylic acids is 2. The second-order valence-electron chi connectivity index (χ2n) is 7.27. The molecule has 0 aliphatic carbocycles. The quantitative estimate of drug-likeness (QED) is 0.717. The number of fused-ring (bicyclic) bond motifs is 1. The van der Waals surface area contributed by atoms with Gasteiger partial charge in [-0.3, -0.25) is 14.5 Å². The minimum absolute atomic E-state index is 0.0485. The average Bonchev–Trinajstić information content (AvgIpc) is 3.18. The molecule has 2 aliphatic heterocycles. The molecule has 0 saturated carbocycles. The van der Waals surface area contributed by atoms with Crippen molar-refractivity contribution in [3.8, 4) is 5.75 Å². The Hall–Kier alpha value is -3.67. The van der Waals surface area contributed by atoms with Crippen molar-refractivity contribution in [3.63, 3.8) is 0 Å². The average molecular weight is 449 g/mol. The Bertz CT molecular complexity index is 1100. The van der Waals surface area contributed by atoms with Crippen LogP contribution < -0.4 is 15.8 Å². The molecule has 2 amide bonds. The van der Waals surface area contributed by atoms with E-state index in [1.165, 1.54) is 36.2 Å². The van der Waals surface area contributed by atoms with Crippen molar-refractivity contribution in [2.24, 2.45) is 16.6 Å². The number of nitrogens with two attached hydrogens (primary N) is 1.